The lowest BCUT2D eigenvalue weighted by atomic mass is 10.2. The molecule has 1 N–H and O–H groups in total. The molecule has 3 heteroatoms. The molecule has 16 heavy (non-hydrogen) atoms. The Hall–Kier alpha value is -0.730. The molecule has 0 amide bonds. The Morgan fingerprint density at radius 2 is 2.25 bits per heavy atom. The molecule has 2 nitrogen and oxygen atoms in total. The van der Waals surface area contributed by atoms with Gasteiger partial charge in [-0.1, -0.05) is 11.6 Å². The molecule has 1 aliphatic carbocycles. The van der Waals surface area contributed by atoms with Gasteiger partial charge >= 0.3 is 0 Å². The first-order valence-corrected chi connectivity index (χ1v) is 6.11. The topological polar surface area (TPSA) is 29.5 Å². The smallest absolute Gasteiger partial charge is 0.119 e. The molecule has 2 rings (SSSR count). The van der Waals surface area contributed by atoms with Gasteiger partial charge in [-0.05, 0) is 49.4 Å². The number of aryl methyl sites for hydroxylation is 1. The van der Waals surface area contributed by atoms with Crippen LogP contribution in [0.15, 0.2) is 18.2 Å². The van der Waals surface area contributed by atoms with Gasteiger partial charge < -0.3 is 9.84 Å². The molecule has 0 aliphatic heterocycles. The van der Waals surface area contributed by atoms with Crippen molar-refractivity contribution in [2.24, 2.45) is 5.92 Å². The largest absolute Gasteiger partial charge is 0.493 e. The normalized spacial score (nSPS) is 17.2. The molecule has 88 valence electrons. The summed E-state index contributed by atoms with van der Waals surface area (Å²) < 4.78 is 5.57. The van der Waals surface area contributed by atoms with Crippen molar-refractivity contribution in [1.82, 2.24) is 0 Å². The fourth-order valence-corrected chi connectivity index (χ4v) is 1.84. The summed E-state index contributed by atoms with van der Waals surface area (Å²) in [5.41, 5.74) is 1.02. The van der Waals surface area contributed by atoms with Crippen LogP contribution in [0.4, 0.5) is 0 Å². The number of aliphatic hydroxyl groups excluding tert-OH is 1. The van der Waals surface area contributed by atoms with Gasteiger partial charge in [-0.15, -0.1) is 0 Å². The maximum atomic E-state index is 9.66. The van der Waals surface area contributed by atoms with Gasteiger partial charge in [0.2, 0.25) is 0 Å². The molecule has 1 saturated carbocycles. The second kappa shape index (κ2) is 5.07. The van der Waals surface area contributed by atoms with Crippen molar-refractivity contribution in [2.45, 2.75) is 32.3 Å². The number of hydrogen-bond acceptors (Lipinski definition) is 2. The van der Waals surface area contributed by atoms with E-state index in [1.165, 1.54) is 12.8 Å². The summed E-state index contributed by atoms with van der Waals surface area (Å²) in [4.78, 5) is 0. The molecule has 0 radical (unpaired) electrons. The Kier molecular flexibility index (Phi) is 3.72. The van der Waals surface area contributed by atoms with E-state index in [4.69, 9.17) is 16.3 Å². The van der Waals surface area contributed by atoms with E-state index >= 15 is 0 Å². The van der Waals surface area contributed by atoms with Gasteiger partial charge in [0.05, 0.1) is 12.7 Å². The van der Waals surface area contributed by atoms with Crippen LogP contribution in [-0.2, 0) is 0 Å². The molecule has 1 unspecified atom stereocenters. The summed E-state index contributed by atoms with van der Waals surface area (Å²) in [6, 6.07) is 5.62. The van der Waals surface area contributed by atoms with Crippen molar-refractivity contribution in [2.75, 3.05) is 6.61 Å². The summed E-state index contributed by atoms with van der Waals surface area (Å²) in [5, 5.41) is 10.4. The first-order chi connectivity index (χ1) is 7.66. The van der Waals surface area contributed by atoms with Crippen molar-refractivity contribution < 1.29 is 9.84 Å². The molecule has 1 aromatic carbocycles. The summed E-state index contributed by atoms with van der Waals surface area (Å²) in [6.45, 7) is 2.52. The van der Waals surface area contributed by atoms with Gasteiger partial charge in [-0.2, -0.15) is 0 Å². The zero-order chi connectivity index (χ0) is 11.5. The van der Waals surface area contributed by atoms with E-state index in [1.54, 1.807) is 0 Å². The van der Waals surface area contributed by atoms with E-state index in [0.29, 0.717) is 18.9 Å². The lowest BCUT2D eigenvalue weighted by Crippen LogP contribution is -2.13. The zero-order valence-electron chi connectivity index (χ0n) is 9.45. The van der Waals surface area contributed by atoms with Crippen molar-refractivity contribution in [3.8, 4) is 5.75 Å². The lowest BCUT2D eigenvalue weighted by molar-refractivity contribution is 0.119. The van der Waals surface area contributed by atoms with Crippen LogP contribution in [0.3, 0.4) is 0 Å². The number of aliphatic hydroxyl groups is 1. The van der Waals surface area contributed by atoms with Gasteiger partial charge in [0.15, 0.2) is 0 Å². The SMILES string of the molecule is Cc1cc(OCCC(O)C2CC2)ccc1Cl. The lowest BCUT2D eigenvalue weighted by Gasteiger charge is -2.11. The molecule has 0 aromatic heterocycles. The van der Waals surface area contributed by atoms with Crippen LogP contribution >= 0.6 is 11.6 Å². The minimum absolute atomic E-state index is 0.187. The fourth-order valence-electron chi connectivity index (χ4n) is 1.72. The molecule has 1 aromatic rings. The second-order valence-corrected chi connectivity index (χ2v) is 4.86. The third-order valence-corrected chi connectivity index (χ3v) is 3.40. The van der Waals surface area contributed by atoms with E-state index in [2.05, 4.69) is 0 Å². The van der Waals surface area contributed by atoms with E-state index in [-0.39, 0.29) is 6.10 Å². The van der Waals surface area contributed by atoms with Gasteiger partial charge in [0.1, 0.15) is 5.75 Å². The first-order valence-electron chi connectivity index (χ1n) is 5.74. The third kappa shape index (κ3) is 3.13. The summed E-state index contributed by atoms with van der Waals surface area (Å²) >= 11 is 5.92. The molecular weight excluding hydrogens is 224 g/mol. The molecule has 1 aliphatic rings. The molecule has 0 saturated heterocycles. The maximum absolute atomic E-state index is 9.66. The monoisotopic (exact) mass is 240 g/mol. The van der Waals surface area contributed by atoms with Crippen LogP contribution in [0.1, 0.15) is 24.8 Å². The van der Waals surface area contributed by atoms with Crippen LogP contribution in [0, 0.1) is 12.8 Å². The summed E-state index contributed by atoms with van der Waals surface area (Å²) in [5.74, 6) is 1.35. The van der Waals surface area contributed by atoms with Gasteiger partial charge in [0.25, 0.3) is 0 Å². The molecule has 0 bridgehead atoms. The molecule has 0 heterocycles. The third-order valence-electron chi connectivity index (χ3n) is 2.98. The highest BCUT2D eigenvalue weighted by atomic mass is 35.5. The van der Waals surface area contributed by atoms with Crippen LogP contribution in [-0.4, -0.2) is 17.8 Å². The zero-order valence-corrected chi connectivity index (χ0v) is 10.2. The first kappa shape index (κ1) is 11.7. The Balaban J connectivity index is 1.78. The number of benzene rings is 1. The second-order valence-electron chi connectivity index (χ2n) is 4.45. The molecular formula is C13H17ClO2. The highest BCUT2D eigenvalue weighted by Crippen LogP contribution is 2.33. The van der Waals surface area contributed by atoms with E-state index in [1.807, 2.05) is 25.1 Å². The quantitative estimate of drug-likeness (QED) is 0.857. The van der Waals surface area contributed by atoms with Crippen LogP contribution in [0.2, 0.25) is 5.02 Å². The van der Waals surface area contributed by atoms with E-state index in [9.17, 15) is 5.11 Å². The van der Waals surface area contributed by atoms with Crippen LogP contribution < -0.4 is 4.74 Å². The fraction of sp³-hybridized carbons (Fsp3) is 0.538. The number of halogens is 1. The van der Waals surface area contributed by atoms with Crippen LogP contribution in [0.25, 0.3) is 0 Å². The standard InChI is InChI=1S/C13H17ClO2/c1-9-8-11(4-5-12(9)14)16-7-6-13(15)10-2-3-10/h4-5,8,10,13,15H,2-3,6-7H2,1H3. The number of hydrogen-bond donors (Lipinski definition) is 1. The Bertz CT molecular complexity index is 361. The predicted octanol–water partition coefficient (Wildman–Crippen LogP) is 3.19. The Labute approximate surface area is 101 Å². The Morgan fingerprint density at radius 3 is 2.88 bits per heavy atom. The van der Waals surface area contributed by atoms with Gasteiger partial charge in [0, 0.05) is 11.4 Å². The minimum Gasteiger partial charge on any atom is -0.493 e. The van der Waals surface area contributed by atoms with Crippen molar-refractivity contribution in [3.63, 3.8) is 0 Å². The average Bonchev–Trinajstić information content (AvgIpc) is 3.07. The van der Waals surface area contributed by atoms with Crippen LogP contribution in [0.5, 0.6) is 5.75 Å². The number of ether oxygens (including phenoxy) is 1. The van der Waals surface area contributed by atoms with E-state index in [0.717, 1.165) is 16.3 Å². The molecule has 1 fully saturated rings. The van der Waals surface area contributed by atoms with Gasteiger partial charge in [-0.25, -0.2) is 0 Å². The maximum Gasteiger partial charge on any atom is 0.119 e. The van der Waals surface area contributed by atoms with Crippen molar-refractivity contribution in [1.29, 1.82) is 0 Å². The predicted molar refractivity (Wildman–Crippen MR) is 65.0 cm³/mol. The highest BCUT2D eigenvalue weighted by molar-refractivity contribution is 6.31. The Morgan fingerprint density at radius 1 is 1.50 bits per heavy atom. The van der Waals surface area contributed by atoms with Crippen molar-refractivity contribution >= 4 is 11.6 Å². The van der Waals surface area contributed by atoms with Gasteiger partial charge in [-0.3, -0.25) is 0 Å². The number of rotatable bonds is 5. The van der Waals surface area contributed by atoms with E-state index < -0.39 is 0 Å². The summed E-state index contributed by atoms with van der Waals surface area (Å²) in [6.07, 6.45) is 2.86. The molecule has 1 atom stereocenters. The molecule has 0 spiro atoms. The average molecular weight is 241 g/mol. The minimum atomic E-state index is -0.187. The van der Waals surface area contributed by atoms with Crippen molar-refractivity contribution in [3.05, 3.63) is 28.8 Å². The highest BCUT2D eigenvalue weighted by Gasteiger charge is 2.29. The summed E-state index contributed by atoms with van der Waals surface area (Å²) in [7, 11) is 0.